The topological polar surface area (TPSA) is 84.5 Å². The summed E-state index contributed by atoms with van der Waals surface area (Å²) in [7, 11) is 0. The number of hydrogen-bond acceptors (Lipinski definition) is 5. The minimum atomic E-state index is -0.878. The second kappa shape index (κ2) is 9.97. The molecule has 0 saturated heterocycles. The Bertz CT molecular complexity index is 592. The van der Waals surface area contributed by atoms with Crippen LogP contribution in [0.15, 0.2) is 29.2 Å². The van der Waals surface area contributed by atoms with Gasteiger partial charge in [-0.25, -0.2) is 4.79 Å². The van der Waals surface area contributed by atoms with Gasteiger partial charge in [0, 0.05) is 18.0 Å². The van der Waals surface area contributed by atoms with Crippen LogP contribution < -0.4 is 10.6 Å². The van der Waals surface area contributed by atoms with Gasteiger partial charge in [0.15, 0.2) is 6.10 Å². The fourth-order valence-electron chi connectivity index (χ4n) is 1.90. The van der Waals surface area contributed by atoms with Crippen molar-refractivity contribution in [1.29, 1.82) is 0 Å². The molecule has 0 unspecified atom stereocenters. The first kappa shape index (κ1) is 20.0. The number of nitrogens with one attached hydrogen (secondary N) is 2. The lowest BCUT2D eigenvalue weighted by Crippen LogP contribution is -2.35. The van der Waals surface area contributed by atoms with Gasteiger partial charge in [0.1, 0.15) is 0 Å². The van der Waals surface area contributed by atoms with E-state index in [0.29, 0.717) is 23.5 Å². The number of carbonyl (C=O) groups excluding carboxylic acids is 3. The molecule has 1 aromatic carbocycles. The van der Waals surface area contributed by atoms with E-state index in [1.165, 1.54) is 18.7 Å². The normalized spacial score (nSPS) is 12.8. The van der Waals surface area contributed by atoms with Crippen molar-refractivity contribution in [3.8, 4) is 0 Å². The van der Waals surface area contributed by atoms with Crippen molar-refractivity contribution in [2.45, 2.75) is 43.9 Å². The second-order valence-corrected chi connectivity index (χ2v) is 6.48. The Labute approximate surface area is 146 Å². The zero-order valence-corrected chi connectivity index (χ0v) is 15.2. The van der Waals surface area contributed by atoms with E-state index in [0.717, 1.165) is 0 Å². The molecule has 0 bridgehead atoms. The predicted molar refractivity (Wildman–Crippen MR) is 94.0 cm³/mol. The Kier molecular flexibility index (Phi) is 8.32. The van der Waals surface area contributed by atoms with E-state index in [4.69, 9.17) is 4.74 Å². The maximum Gasteiger partial charge on any atom is 0.340 e. The van der Waals surface area contributed by atoms with Crippen LogP contribution >= 0.6 is 11.8 Å². The number of carbonyl (C=O) groups is 3. The molecule has 0 aliphatic carbocycles. The number of hydrogen-bond donors (Lipinski definition) is 2. The number of likely N-dealkylation sites (N-methyl/N-ethyl adjacent to an activating group) is 1. The Morgan fingerprint density at radius 2 is 1.62 bits per heavy atom. The van der Waals surface area contributed by atoms with E-state index in [1.807, 2.05) is 6.92 Å². The number of benzene rings is 1. The molecule has 2 atom stereocenters. The number of thioether (sulfide) groups is 1. The average Bonchev–Trinajstić information content (AvgIpc) is 2.55. The first-order valence-corrected chi connectivity index (χ1v) is 8.80. The molecule has 1 rings (SSSR count). The quantitative estimate of drug-likeness (QED) is 0.552. The van der Waals surface area contributed by atoms with Crippen molar-refractivity contribution in [2.75, 3.05) is 13.1 Å². The van der Waals surface area contributed by atoms with E-state index in [2.05, 4.69) is 10.6 Å². The van der Waals surface area contributed by atoms with Gasteiger partial charge in [-0.05, 0) is 39.8 Å². The summed E-state index contributed by atoms with van der Waals surface area (Å²) in [5, 5.41) is 5.00. The third-order valence-electron chi connectivity index (χ3n) is 3.14. The van der Waals surface area contributed by atoms with Gasteiger partial charge in [0.25, 0.3) is 5.91 Å². The zero-order chi connectivity index (χ0) is 18.1. The van der Waals surface area contributed by atoms with Crippen molar-refractivity contribution in [2.24, 2.45) is 0 Å². The Hall–Kier alpha value is -2.02. The largest absolute Gasteiger partial charge is 0.449 e. The summed E-state index contributed by atoms with van der Waals surface area (Å²) < 4.78 is 5.22. The molecule has 0 radical (unpaired) electrons. The summed E-state index contributed by atoms with van der Waals surface area (Å²) in [6, 6.07) is 6.89. The van der Waals surface area contributed by atoms with Gasteiger partial charge in [-0.1, -0.05) is 12.1 Å². The third-order valence-corrected chi connectivity index (χ3v) is 4.31. The number of amides is 2. The molecular weight excluding hydrogens is 328 g/mol. The highest BCUT2D eigenvalue weighted by Gasteiger charge is 2.22. The van der Waals surface area contributed by atoms with Crippen LogP contribution in [0.3, 0.4) is 0 Å². The Morgan fingerprint density at radius 1 is 1.04 bits per heavy atom. The SMILES string of the molecule is CCNC(=O)[C@H](C)OC(=O)c1ccccc1S[C@@H](C)C(=O)NCC. The number of ether oxygens (including phenoxy) is 1. The van der Waals surface area contributed by atoms with Crippen LogP contribution in [0.25, 0.3) is 0 Å². The molecule has 0 aliphatic heterocycles. The van der Waals surface area contributed by atoms with Gasteiger partial charge < -0.3 is 15.4 Å². The molecule has 24 heavy (non-hydrogen) atoms. The van der Waals surface area contributed by atoms with Crippen LogP contribution in [0.1, 0.15) is 38.1 Å². The summed E-state index contributed by atoms with van der Waals surface area (Å²) >= 11 is 1.28. The minimum Gasteiger partial charge on any atom is -0.449 e. The van der Waals surface area contributed by atoms with Gasteiger partial charge in [-0.15, -0.1) is 11.8 Å². The summed E-state index contributed by atoms with van der Waals surface area (Å²) in [5.41, 5.74) is 0.342. The molecule has 0 aliphatic rings. The van der Waals surface area contributed by atoms with Crippen LogP contribution in [-0.2, 0) is 14.3 Å². The van der Waals surface area contributed by atoms with Gasteiger partial charge in [-0.3, -0.25) is 9.59 Å². The predicted octanol–water partition coefficient (Wildman–Crippen LogP) is 1.98. The molecule has 0 saturated carbocycles. The van der Waals surface area contributed by atoms with Gasteiger partial charge >= 0.3 is 5.97 Å². The molecule has 2 N–H and O–H groups in total. The second-order valence-electron chi connectivity index (χ2n) is 5.09. The summed E-state index contributed by atoms with van der Waals surface area (Å²) in [6.07, 6.45) is -0.878. The van der Waals surface area contributed by atoms with Gasteiger partial charge in [0.05, 0.1) is 10.8 Å². The first-order chi connectivity index (χ1) is 11.4. The molecule has 7 heteroatoms. The Morgan fingerprint density at radius 3 is 2.25 bits per heavy atom. The molecule has 132 valence electrons. The summed E-state index contributed by atoms with van der Waals surface area (Å²) in [5.74, 6) is -1.02. The molecule has 0 fully saturated rings. The van der Waals surface area contributed by atoms with Crippen LogP contribution in [0.4, 0.5) is 0 Å². The lowest BCUT2D eigenvalue weighted by Gasteiger charge is -2.16. The summed E-state index contributed by atoms with van der Waals surface area (Å²) in [4.78, 5) is 36.5. The molecule has 1 aromatic rings. The molecule has 0 spiro atoms. The van der Waals surface area contributed by atoms with Crippen molar-refractivity contribution in [1.82, 2.24) is 10.6 Å². The molecule has 2 amide bonds. The van der Waals surface area contributed by atoms with Crippen LogP contribution in [0.5, 0.6) is 0 Å². The van der Waals surface area contributed by atoms with Gasteiger partial charge in [0.2, 0.25) is 5.91 Å². The highest BCUT2D eigenvalue weighted by Crippen LogP contribution is 2.27. The van der Waals surface area contributed by atoms with Crippen LogP contribution in [0.2, 0.25) is 0 Å². The first-order valence-electron chi connectivity index (χ1n) is 7.92. The lowest BCUT2D eigenvalue weighted by molar-refractivity contribution is -0.129. The lowest BCUT2D eigenvalue weighted by atomic mass is 10.2. The Balaban J connectivity index is 2.83. The van der Waals surface area contributed by atoms with Crippen LogP contribution in [-0.4, -0.2) is 42.2 Å². The van der Waals surface area contributed by atoms with E-state index in [9.17, 15) is 14.4 Å². The fraction of sp³-hybridized carbons (Fsp3) is 0.471. The van der Waals surface area contributed by atoms with Crippen molar-refractivity contribution in [3.63, 3.8) is 0 Å². The van der Waals surface area contributed by atoms with Gasteiger partial charge in [-0.2, -0.15) is 0 Å². The average molecular weight is 352 g/mol. The molecule has 0 heterocycles. The highest BCUT2D eigenvalue weighted by atomic mass is 32.2. The van der Waals surface area contributed by atoms with Crippen molar-refractivity contribution in [3.05, 3.63) is 29.8 Å². The van der Waals surface area contributed by atoms with Crippen molar-refractivity contribution < 1.29 is 19.1 Å². The number of rotatable bonds is 8. The smallest absolute Gasteiger partial charge is 0.340 e. The maximum atomic E-state index is 12.3. The standard InChI is InChI=1S/C17H24N2O4S/c1-5-18-15(20)11(3)23-17(22)13-9-7-8-10-14(13)24-12(4)16(21)19-6-2/h7-12H,5-6H2,1-4H3,(H,18,20)(H,19,21)/t11-,12-/m0/s1. The molecule has 6 nitrogen and oxygen atoms in total. The molecule has 0 aromatic heterocycles. The van der Waals surface area contributed by atoms with E-state index in [1.54, 1.807) is 38.1 Å². The van der Waals surface area contributed by atoms with E-state index < -0.39 is 12.1 Å². The van der Waals surface area contributed by atoms with Crippen LogP contribution in [0, 0.1) is 0 Å². The third kappa shape index (κ3) is 5.88. The van der Waals surface area contributed by atoms with E-state index >= 15 is 0 Å². The molecular formula is C17H24N2O4S. The minimum absolute atomic E-state index is 0.0960. The fourth-order valence-corrected chi connectivity index (χ4v) is 2.90. The van der Waals surface area contributed by atoms with E-state index in [-0.39, 0.29) is 17.1 Å². The summed E-state index contributed by atoms with van der Waals surface area (Å²) in [6.45, 7) is 7.96. The maximum absolute atomic E-state index is 12.3. The zero-order valence-electron chi connectivity index (χ0n) is 14.4. The highest BCUT2D eigenvalue weighted by molar-refractivity contribution is 8.00. The monoisotopic (exact) mass is 352 g/mol. The number of esters is 1. The van der Waals surface area contributed by atoms with Crippen molar-refractivity contribution >= 4 is 29.5 Å².